The van der Waals surface area contributed by atoms with Crippen molar-refractivity contribution in [3.63, 3.8) is 0 Å². The largest absolute Gasteiger partial charge is 0.507 e. The molecule has 2 N–H and O–H groups in total. The highest BCUT2D eigenvalue weighted by Crippen LogP contribution is 2.32. The van der Waals surface area contributed by atoms with Crippen molar-refractivity contribution in [2.75, 3.05) is 7.11 Å². The van der Waals surface area contributed by atoms with Crippen molar-refractivity contribution in [2.45, 2.75) is 25.8 Å². The summed E-state index contributed by atoms with van der Waals surface area (Å²) in [5.74, 6) is -3.49. The number of aromatic hydroxyl groups is 1. The molecule has 0 saturated carbocycles. The van der Waals surface area contributed by atoms with Gasteiger partial charge in [-0.1, -0.05) is 18.2 Å². The van der Waals surface area contributed by atoms with Crippen LogP contribution < -0.4 is 11.1 Å². The monoisotopic (exact) mass is 426 g/mol. The van der Waals surface area contributed by atoms with E-state index >= 15 is 0 Å². The van der Waals surface area contributed by atoms with Crippen LogP contribution in [0.2, 0.25) is 0 Å². The van der Waals surface area contributed by atoms with Gasteiger partial charge in [0.05, 0.1) is 24.6 Å². The quantitative estimate of drug-likeness (QED) is 0.572. The van der Waals surface area contributed by atoms with Gasteiger partial charge in [-0.3, -0.25) is 19.2 Å². The number of fused-ring (bicyclic) bond motifs is 1. The van der Waals surface area contributed by atoms with E-state index in [0.717, 1.165) is 4.57 Å². The number of ether oxygens (including phenoxy) is 1. The number of hydrogen-bond donors (Lipinski definition) is 2. The maximum absolute atomic E-state index is 13.2. The number of hydrogen-bond acceptors (Lipinski definition) is 6. The molecule has 2 aromatic heterocycles. The molecule has 0 saturated heterocycles. The Balaban J connectivity index is 2.35. The van der Waals surface area contributed by atoms with Crippen LogP contribution in [0.25, 0.3) is 10.9 Å². The van der Waals surface area contributed by atoms with Gasteiger partial charge < -0.3 is 24.1 Å². The van der Waals surface area contributed by atoms with Crippen LogP contribution >= 0.6 is 0 Å². The normalized spacial score (nSPS) is 12.0. The van der Waals surface area contributed by atoms with Crippen molar-refractivity contribution in [3.05, 3.63) is 73.9 Å². The first kappa shape index (κ1) is 21.8. The number of para-hydroxylation sites is 1. The van der Waals surface area contributed by atoms with Gasteiger partial charge in [0, 0.05) is 24.2 Å². The topological polar surface area (TPSA) is 128 Å². The Kier molecular flexibility index (Phi) is 5.96. The first-order valence-electron chi connectivity index (χ1n) is 9.46. The van der Waals surface area contributed by atoms with E-state index in [0.29, 0.717) is 10.9 Å². The van der Waals surface area contributed by atoms with E-state index in [4.69, 9.17) is 9.84 Å². The Hall–Kier alpha value is -3.88. The molecule has 162 valence electrons. The highest BCUT2D eigenvalue weighted by Gasteiger charge is 2.29. The maximum atomic E-state index is 13.2. The second-order valence-electron chi connectivity index (χ2n) is 7.23. The van der Waals surface area contributed by atoms with Crippen LogP contribution in [-0.2, 0) is 27.9 Å². The molecule has 9 nitrogen and oxygen atoms in total. The zero-order chi connectivity index (χ0) is 22.9. The fourth-order valence-corrected chi connectivity index (χ4v) is 3.74. The van der Waals surface area contributed by atoms with Gasteiger partial charge in [0.2, 0.25) is 0 Å². The molecule has 0 unspecified atom stereocenters. The van der Waals surface area contributed by atoms with E-state index in [1.54, 1.807) is 37.4 Å². The van der Waals surface area contributed by atoms with Crippen LogP contribution in [0.4, 0.5) is 0 Å². The van der Waals surface area contributed by atoms with E-state index < -0.39 is 41.3 Å². The Bertz CT molecular complexity index is 1300. The van der Waals surface area contributed by atoms with Crippen molar-refractivity contribution in [3.8, 4) is 5.75 Å². The standard InChI is InChI=1S/C22H22N2O7/c1-12-8-17(25)20(22(30)24(12)11-18(26)27)14(10-19(28)31-3)15-9-13-6-4-5-7-16(13)23(2)21(15)29/h4-9,14,25H,10-11H2,1-3H3,(H,26,27)/t14-/m0/s1. The molecule has 0 aliphatic carbocycles. The second-order valence-corrected chi connectivity index (χ2v) is 7.23. The Morgan fingerprint density at radius 1 is 1.13 bits per heavy atom. The molecule has 0 spiro atoms. The summed E-state index contributed by atoms with van der Waals surface area (Å²) < 4.78 is 7.13. The van der Waals surface area contributed by atoms with Crippen LogP contribution in [0.5, 0.6) is 5.75 Å². The zero-order valence-electron chi connectivity index (χ0n) is 17.3. The van der Waals surface area contributed by atoms with Crippen molar-refractivity contribution in [1.82, 2.24) is 9.13 Å². The summed E-state index contributed by atoms with van der Waals surface area (Å²) in [4.78, 5) is 49.7. The molecular formula is C22H22N2O7. The van der Waals surface area contributed by atoms with Crippen molar-refractivity contribution in [2.24, 2.45) is 7.05 Å². The van der Waals surface area contributed by atoms with Crippen molar-refractivity contribution in [1.29, 1.82) is 0 Å². The molecule has 0 aliphatic rings. The number of pyridine rings is 2. The minimum Gasteiger partial charge on any atom is -0.507 e. The third-order valence-electron chi connectivity index (χ3n) is 5.30. The molecule has 1 atom stereocenters. The third kappa shape index (κ3) is 4.07. The van der Waals surface area contributed by atoms with E-state index in [1.165, 1.54) is 24.7 Å². The molecule has 3 aromatic rings. The summed E-state index contributed by atoms with van der Waals surface area (Å²) in [6.07, 6.45) is -0.386. The summed E-state index contributed by atoms with van der Waals surface area (Å²) >= 11 is 0. The van der Waals surface area contributed by atoms with Gasteiger partial charge in [-0.2, -0.15) is 0 Å². The number of carbonyl (C=O) groups is 2. The summed E-state index contributed by atoms with van der Waals surface area (Å²) in [7, 11) is 2.75. The number of benzene rings is 1. The molecule has 0 radical (unpaired) electrons. The van der Waals surface area contributed by atoms with Crippen LogP contribution in [-0.4, -0.2) is 38.4 Å². The molecule has 1 aromatic carbocycles. The van der Waals surface area contributed by atoms with E-state index in [-0.39, 0.29) is 23.2 Å². The first-order chi connectivity index (χ1) is 14.6. The number of methoxy groups -OCH3 is 1. The first-order valence-corrected chi connectivity index (χ1v) is 9.46. The summed E-state index contributed by atoms with van der Waals surface area (Å²) in [5, 5.41) is 20.5. The summed E-state index contributed by atoms with van der Waals surface area (Å²) in [6.45, 7) is 0.858. The molecule has 0 aliphatic heterocycles. The molecule has 2 heterocycles. The van der Waals surface area contributed by atoms with Crippen molar-refractivity contribution >= 4 is 22.8 Å². The number of aryl methyl sites for hydroxylation is 2. The lowest BCUT2D eigenvalue weighted by Crippen LogP contribution is -2.33. The van der Waals surface area contributed by atoms with E-state index in [9.17, 15) is 24.3 Å². The molecule has 0 amide bonds. The number of rotatable bonds is 6. The number of nitrogens with zero attached hydrogens (tertiary/aromatic N) is 2. The lowest BCUT2D eigenvalue weighted by atomic mass is 9.88. The highest BCUT2D eigenvalue weighted by atomic mass is 16.5. The molecule has 0 fully saturated rings. The second kappa shape index (κ2) is 8.47. The number of carbonyl (C=O) groups excluding carboxylic acids is 1. The van der Waals surface area contributed by atoms with Gasteiger partial charge in [0.25, 0.3) is 11.1 Å². The number of esters is 1. The third-order valence-corrected chi connectivity index (χ3v) is 5.30. The smallest absolute Gasteiger partial charge is 0.323 e. The minimum atomic E-state index is -1.24. The number of carboxylic acid groups (broad SMARTS) is 1. The number of carboxylic acids is 1. The Morgan fingerprint density at radius 2 is 1.81 bits per heavy atom. The molecule has 3 rings (SSSR count). The van der Waals surface area contributed by atoms with E-state index in [2.05, 4.69) is 0 Å². The summed E-state index contributed by atoms with van der Waals surface area (Å²) in [5.41, 5.74) is -0.462. The lowest BCUT2D eigenvalue weighted by molar-refractivity contribution is -0.141. The fourth-order valence-electron chi connectivity index (χ4n) is 3.74. The summed E-state index contributed by atoms with van der Waals surface area (Å²) in [6, 6.07) is 9.93. The van der Waals surface area contributed by atoms with Gasteiger partial charge in [-0.25, -0.2) is 0 Å². The highest BCUT2D eigenvalue weighted by molar-refractivity contribution is 5.80. The van der Waals surface area contributed by atoms with E-state index in [1.807, 2.05) is 0 Å². The van der Waals surface area contributed by atoms with Gasteiger partial charge in [0.1, 0.15) is 12.3 Å². The Labute approximate surface area is 176 Å². The van der Waals surface area contributed by atoms with Gasteiger partial charge >= 0.3 is 11.9 Å². The van der Waals surface area contributed by atoms with Gasteiger partial charge in [-0.05, 0) is 30.5 Å². The lowest BCUT2D eigenvalue weighted by Gasteiger charge is -2.20. The molecule has 31 heavy (non-hydrogen) atoms. The SMILES string of the molecule is COC(=O)C[C@H](c1c(O)cc(C)n(CC(=O)O)c1=O)c1cc2ccccc2n(C)c1=O. The molecule has 9 heteroatoms. The van der Waals surface area contributed by atoms with Crippen LogP contribution in [0.15, 0.2) is 46.0 Å². The van der Waals surface area contributed by atoms with Crippen LogP contribution in [0.3, 0.4) is 0 Å². The predicted molar refractivity (Wildman–Crippen MR) is 112 cm³/mol. The fraction of sp³-hybridized carbons (Fsp3) is 0.273. The minimum absolute atomic E-state index is 0.115. The number of aliphatic carboxylic acids is 1. The van der Waals surface area contributed by atoms with Crippen LogP contribution in [0.1, 0.15) is 29.2 Å². The Morgan fingerprint density at radius 3 is 2.45 bits per heavy atom. The van der Waals surface area contributed by atoms with Gasteiger partial charge in [-0.15, -0.1) is 0 Å². The molecule has 0 bridgehead atoms. The van der Waals surface area contributed by atoms with Crippen LogP contribution in [0, 0.1) is 6.92 Å². The maximum Gasteiger partial charge on any atom is 0.323 e. The van der Waals surface area contributed by atoms with Gasteiger partial charge in [0.15, 0.2) is 0 Å². The van der Waals surface area contributed by atoms with Crippen molar-refractivity contribution < 1.29 is 24.5 Å². The predicted octanol–water partition coefficient (Wildman–Crippen LogP) is 1.49. The average molecular weight is 426 g/mol. The average Bonchev–Trinajstić information content (AvgIpc) is 2.72. The zero-order valence-corrected chi connectivity index (χ0v) is 17.3. The number of aromatic nitrogens is 2. The molecular weight excluding hydrogens is 404 g/mol.